The quantitative estimate of drug-likeness (QED) is 0.700. The third-order valence-corrected chi connectivity index (χ3v) is 2.45. The zero-order chi connectivity index (χ0) is 8.86. The Balaban J connectivity index is 2.44. The molecule has 1 fully saturated rings. The predicted octanol–water partition coefficient (Wildman–Crippen LogP) is 2.29. The van der Waals surface area contributed by atoms with Crippen LogP contribution < -0.4 is 5.32 Å². The number of rotatable bonds is 4. The molecule has 1 N–H and O–H groups in total. The molecule has 1 aliphatic heterocycles. The molecule has 1 heterocycles. The Labute approximate surface area is 75.7 Å². The standard InChI is InChI=1S/C10H21NO/c1-3-6-10(7-4-2)11-8-5-9-12-10/h11H,3-9H2,1-2H3. The van der Waals surface area contributed by atoms with Crippen LogP contribution in [0.1, 0.15) is 46.0 Å². The Morgan fingerprint density at radius 1 is 1.25 bits per heavy atom. The third-order valence-electron chi connectivity index (χ3n) is 2.45. The van der Waals surface area contributed by atoms with Crippen molar-refractivity contribution in [2.24, 2.45) is 0 Å². The molecule has 0 radical (unpaired) electrons. The normalized spacial score (nSPS) is 22.5. The summed E-state index contributed by atoms with van der Waals surface area (Å²) >= 11 is 0. The van der Waals surface area contributed by atoms with E-state index >= 15 is 0 Å². The summed E-state index contributed by atoms with van der Waals surface area (Å²) in [4.78, 5) is 0. The smallest absolute Gasteiger partial charge is 0.119 e. The first kappa shape index (κ1) is 10.0. The maximum absolute atomic E-state index is 5.84. The molecule has 72 valence electrons. The Morgan fingerprint density at radius 2 is 1.92 bits per heavy atom. The Bertz CT molecular complexity index is 103. The van der Waals surface area contributed by atoms with Crippen LogP contribution in [0.25, 0.3) is 0 Å². The first-order chi connectivity index (χ1) is 5.83. The van der Waals surface area contributed by atoms with Crippen LogP contribution >= 0.6 is 0 Å². The molecule has 2 nitrogen and oxygen atoms in total. The van der Waals surface area contributed by atoms with E-state index in [1.54, 1.807) is 0 Å². The molecule has 0 aromatic heterocycles. The first-order valence-corrected chi connectivity index (χ1v) is 5.22. The monoisotopic (exact) mass is 171 g/mol. The third kappa shape index (κ3) is 2.46. The molecule has 0 aliphatic carbocycles. The van der Waals surface area contributed by atoms with Crippen LogP contribution in [0.3, 0.4) is 0 Å². The van der Waals surface area contributed by atoms with Gasteiger partial charge in [0.15, 0.2) is 0 Å². The van der Waals surface area contributed by atoms with Crippen molar-refractivity contribution in [2.75, 3.05) is 13.2 Å². The lowest BCUT2D eigenvalue weighted by Gasteiger charge is -2.38. The second-order valence-electron chi connectivity index (χ2n) is 3.62. The second kappa shape index (κ2) is 4.83. The van der Waals surface area contributed by atoms with E-state index < -0.39 is 0 Å². The summed E-state index contributed by atoms with van der Waals surface area (Å²) in [5.74, 6) is 0. The van der Waals surface area contributed by atoms with Gasteiger partial charge in [0, 0.05) is 0 Å². The minimum atomic E-state index is 0.0295. The molecule has 1 aliphatic rings. The van der Waals surface area contributed by atoms with Gasteiger partial charge in [-0.2, -0.15) is 0 Å². The van der Waals surface area contributed by atoms with Crippen LogP contribution in [0.2, 0.25) is 0 Å². The summed E-state index contributed by atoms with van der Waals surface area (Å²) in [7, 11) is 0. The van der Waals surface area contributed by atoms with Gasteiger partial charge in [0.1, 0.15) is 5.72 Å². The highest BCUT2D eigenvalue weighted by Gasteiger charge is 2.30. The average Bonchev–Trinajstić information content (AvgIpc) is 2.07. The highest BCUT2D eigenvalue weighted by Crippen LogP contribution is 2.23. The predicted molar refractivity (Wildman–Crippen MR) is 51.1 cm³/mol. The van der Waals surface area contributed by atoms with E-state index in [0.29, 0.717) is 0 Å². The minimum Gasteiger partial charge on any atom is -0.361 e. The summed E-state index contributed by atoms with van der Waals surface area (Å²) in [5, 5.41) is 3.51. The molecule has 1 saturated heterocycles. The summed E-state index contributed by atoms with van der Waals surface area (Å²) in [6.07, 6.45) is 5.87. The maximum Gasteiger partial charge on any atom is 0.119 e. The van der Waals surface area contributed by atoms with E-state index in [1.165, 1.54) is 12.8 Å². The lowest BCUT2D eigenvalue weighted by molar-refractivity contribution is -0.106. The van der Waals surface area contributed by atoms with Crippen molar-refractivity contribution >= 4 is 0 Å². The highest BCUT2D eigenvalue weighted by molar-refractivity contribution is 4.80. The topological polar surface area (TPSA) is 21.3 Å². The second-order valence-corrected chi connectivity index (χ2v) is 3.62. The molecule has 0 unspecified atom stereocenters. The summed E-state index contributed by atoms with van der Waals surface area (Å²) in [6.45, 7) is 6.50. The summed E-state index contributed by atoms with van der Waals surface area (Å²) in [6, 6.07) is 0. The lowest BCUT2D eigenvalue weighted by Crippen LogP contribution is -2.51. The summed E-state index contributed by atoms with van der Waals surface area (Å²) in [5.41, 5.74) is 0.0295. The Morgan fingerprint density at radius 3 is 2.33 bits per heavy atom. The lowest BCUT2D eigenvalue weighted by atomic mass is 10.0. The molecule has 0 spiro atoms. The van der Waals surface area contributed by atoms with Gasteiger partial charge in [0.25, 0.3) is 0 Å². The Hall–Kier alpha value is -0.0800. The van der Waals surface area contributed by atoms with E-state index in [0.717, 1.165) is 32.4 Å². The van der Waals surface area contributed by atoms with Crippen LogP contribution in [0.4, 0.5) is 0 Å². The zero-order valence-corrected chi connectivity index (χ0v) is 8.36. The van der Waals surface area contributed by atoms with Crippen molar-refractivity contribution in [2.45, 2.75) is 51.7 Å². The van der Waals surface area contributed by atoms with Gasteiger partial charge < -0.3 is 4.74 Å². The molecular formula is C10H21NO. The molecule has 0 aromatic carbocycles. The number of hydrogen-bond acceptors (Lipinski definition) is 2. The fourth-order valence-electron chi connectivity index (χ4n) is 1.96. The molecule has 0 bridgehead atoms. The molecule has 1 rings (SSSR count). The van der Waals surface area contributed by atoms with E-state index in [1.807, 2.05) is 0 Å². The molecule has 0 aromatic rings. The van der Waals surface area contributed by atoms with Crippen LogP contribution in [0.15, 0.2) is 0 Å². The van der Waals surface area contributed by atoms with Gasteiger partial charge in [0.2, 0.25) is 0 Å². The molecule has 12 heavy (non-hydrogen) atoms. The first-order valence-electron chi connectivity index (χ1n) is 5.22. The van der Waals surface area contributed by atoms with Crippen molar-refractivity contribution in [3.63, 3.8) is 0 Å². The average molecular weight is 171 g/mol. The molecular weight excluding hydrogens is 150 g/mol. The van der Waals surface area contributed by atoms with Gasteiger partial charge in [-0.05, 0) is 25.8 Å². The fraction of sp³-hybridized carbons (Fsp3) is 1.00. The maximum atomic E-state index is 5.84. The van der Waals surface area contributed by atoms with Crippen LogP contribution in [0.5, 0.6) is 0 Å². The van der Waals surface area contributed by atoms with Crippen LogP contribution in [-0.2, 0) is 4.74 Å². The van der Waals surface area contributed by atoms with Gasteiger partial charge in [-0.3, -0.25) is 5.32 Å². The highest BCUT2D eigenvalue weighted by atomic mass is 16.5. The van der Waals surface area contributed by atoms with E-state index in [4.69, 9.17) is 4.74 Å². The van der Waals surface area contributed by atoms with Gasteiger partial charge >= 0.3 is 0 Å². The van der Waals surface area contributed by atoms with E-state index in [2.05, 4.69) is 19.2 Å². The van der Waals surface area contributed by atoms with E-state index in [9.17, 15) is 0 Å². The van der Waals surface area contributed by atoms with Crippen molar-refractivity contribution in [1.29, 1.82) is 0 Å². The van der Waals surface area contributed by atoms with Crippen LogP contribution in [0, 0.1) is 0 Å². The largest absolute Gasteiger partial charge is 0.361 e. The molecule has 0 atom stereocenters. The minimum absolute atomic E-state index is 0.0295. The van der Waals surface area contributed by atoms with Gasteiger partial charge in [-0.15, -0.1) is 0 Å². The molecule has 0 amide bonds. The Kier molecular flexibility index (Phi) is 4.02. The number of hydrogen-bond donors (Lipinski definition) is 1. The van der Waals surface area contributed by atoms with Crippen molar-refractivity contribution in [1.82, 2.24) is 5.32 Å². The fourth-order valence-corrected chi connectivity index (χ4v) is 1.96. The van der Waals surface area contributed by atoms with Gasteiger partial charge in [0.05, 0.1) is 6.61 Å². The number of nitrogens with one attached hydrogen (secondary N) is 1. The van der Waals surface area contributed by atoms with Crippen molar-refractivity contribution in [3.8, 4) is 0 Å². The van der Waals surface area contributed by atoms with Gasteiger partial charge in [-0.25, -0.2) is 0 Å². The summed E-state index contributed by atoms with van der Waals surface area (Å²) < 4.78 is 5.84. The zero-order valence-electron chi connectivity index (χ0n) is 8.36. The molecule has 0 saturated carbocycles. The number of ether oxygens (including phenoxy) is 1. The molecule has 2 heteroatoms. The van der Waals surface area contributed by atoms with E-state index in [-0.39, 0.29) is 5.72 Å². The SMILES string of the molecule is CCCC1(CCC)NCCCO1. The van der Waals surface area contributed by atoms with Crippen molar-refractivity contribution < 1.29 is 4.74 Å². The van der Waals surface area contributed by atoms with Crippen LogP contribution in [-0.4, -0.2) is 18.9 Å². The van der Waals surface area contributed by atoms with Crippen molar-refractivity contribution in [3.05, 3.63) is 0 Å². The van der Waals surface area contributed by atoms with Gasteiger partial charge in [-0.1, -0.05) is 26.7 Å².